The number of nitrogens with zero attached hydrogens (tertiary/aromatic N) is 2. The van der Waals surface area contributed by atoms with E-state index in [0.29, 0.717) is 37.6 Å². The molecule has 0 unspecified atom stereocenters. The average Bonchev–Trinajstić information content (AvgIpc) is 2.61. The summed E-state index contributed by atoms with van der Waals surface area (Å²) in [5.41, 5.74) is 0.140. The van der Waals surface area contributed by atoms with Gasteiger partial charge in [0.05, 0.1) is 5.56 Å². The molecular weight excluding hydrogens is 350 g/mol. The highest BCUT2D eigenvalue weighted by Crippen LogP contribution is 2.31. The Kier molecular flexibility index (Phi) is 5.01. The number of hydrogen-bond donors (Lipinski definition) is 1. The Labute approximate surface area is 148 Å². The molecule has 8 heteroatoms. The van der Waals surface area contributed by atoms with Crippen LogP contribution in [0.3, 0.4) is 0 Å². The molecule has 1 saturated heterocycles. The van der Waals surface area contributed by atoms with E-state index in [-0.39, 0.29) is 6.03 Å². The van der Waals surface area contributed by atoms with Crippen LogP contribution >= 0.6 is 0 Å². The van der Waals surface area contributed by atoms with Gasteiger partial charge in [0.2, 0.25) is 0 Å². The number of urea groups is 1. The molecule has 1 aliphatic heterocycles. The molecule has 0 aliphatic carbocycles. The van der Waals surface area contributed by atoms with Gasteiger partial charge in [-0.05, 0) is 36.4 Å². The third-order valence-electron chi connectivity index (χ3n) is 4.18. The van der Waals surface area contributed by atoms with E-state index in [9.17, 15) is 22.4 Å². The molecule has 2 aromatic rings. The molecule has 1 N–H and O–H groups in total. The van der Waals surface area contributed by atoms with Gasteiger partial charge in [0.15, 0.2) is 0 Å². The van der Waals surface area contributed by atoms with Crippen molar-refractivity contribution in [3.8, 4) is 0 Å². The molecule has 1 aliphatic rings. The predicted octanol–water partition coefficient (Wildman–Crippen LogP) is 4.20. The molecule has 3 rings (SSSR count). The minimum atomic E-state index is -4.39. The fourth-order valence-corrected chi connectivity index (χ4v) is 2.82. The van der Waals surface area contributed by atoms with Crippen LogP contribution in [0.15, 0.2) is 48.5 Å². The first-order chi connectivity index (χ1) is 12.3. The number of piperazine rings is 1. The normalized spacial score (nSPS) is 15.1. The average molecular weight is 367 g/mol. The Hall–Kier alpha value is -2.77. The van der Waals surface area contributed by atoms with Crippen molar-refractivity contribution in [3.63, 3.8) is 0 Å². The SMILES string of the molecule is O=C(Nc1cccc(F)c1)N1CCN(c2cccc(C(F)(F)F)c2)CC1. The van der Waals surface area contributed by atoms with Gasteiger partial charge in [0, 0.05) is 37.6 Å². The summed E-state index contributed by atoms with van der Waals surface area (Å²) in [6.45, 7) is 1.55. The topological polar surface area (TPSA) is 35.6 Å². The molecule has 1 fully saturated rings. The molecule has 2 amide bonds. The number of alkyl halides is 3. The van der Waals surface area contributed by atoms with Crippen molar-refractivity contribution in [2.45, 2.75) is 6.18 Å². The highest BCUT2D eigenvalue weighted by atomic mass is 19.4. The summed E-state index contributed by atoms with van der Waals surface area (Å²) in [6.07, 6.45) is -4.39. The van der Waals surface area contributed by atoms with Crippen LogP contribution in [0.4, 0.5) is 33.7 Å². The van der Waals surface area contributed by atoms with Crippen LogP contribution in [-0.2, 0) is 6.18 Å². The predicted molar refractivity (Wildman–Crippen MR) is 90.6 cm³/mol. The van der Waals surface area contributed by atoms with E-state index < -0.39 is 17.6 Å². The van der Waals surface area contributed by atoms with E-state index in [1.54, 1.807) is 21.9 Å². The van der Waals surface area contributed by atoms with Gasteiger partial charge in [-0.25, -0.2) is 9.18 Å². The van der Waals surface area contributed by atoms with E-state index in [4.69, 9.17) is 0 Å². The Morgan fingerprint density at radius 2 is 1.65 bits per heavy atom. The lowest BCUT2D eigenvalue weighted by Gasteiger charge is -2.36. The number of anilines is 2. The van der Waals surface area contributed by atoms with E-state index in [2.05, 4.69) is 5.32 Å². The van der Waals surface area contributed by atoms with Crippen molar-refractivity contribution < 1.29 is 22.4 Å². The Morgan fingerprint density at radius 1 is 0.962 bits per heavy atom. The Bertz CT molecular complexity index is 786. The minimum Gasteiger partial charge on any atom is -0.368 e. The third kappa shape index (κ3) is 4.25. The van der Waals surface area contributed by atoms with Gasteiger partial charge in [0.25, 0.3) is 0 Å². The molecule has 0 aromatic heterocycles. The number of amides is 2. The second kappa shape index (κ2) is 7.23. The van der Waals surface area contributed by atoms with Crippen molar-refractivity contribution >= 4 is 17.4 Å². The van der Waals surface area contributed by atoms with Gasteiger partial charge >= 0.3 is 12.2 Å². The zero-order chi connectivity index (χ0) is 18.7. The zero-order valence-electron chi connectivity index (χ0n) is 13.8. The number of carbonyl (C=O) groups is 1. The number of rotatable bonds is 2. The molecule has 1 heterocycles. The van der Waals surface area contributed by atoms with Crippen molar-refractivity contribution in [2.24, 2.45) is 0 Å². The minimum absolute atomic E-state index is 0.357. The van der Waals surface area contributed by atoms with Crippen LogP contribution in [-0.4, -0.2) is 37.1 Å². The summed E-state index contributed by atoms with van der Waals surface area (Å²) in [7, 11) is 0. The van der Waals surface area contributed by atoms with Gasteiger partial charge in [-0.1, -0.05) is 12.1 Å². The molecule has 0 spiro atoms. The standard InChI is InChI=1S/C18H17F4N3O/c19-14-4-2-5-15(12-14)23-17(26)25-9-7-24(8-10-25)16-6-1-3-13(11-16)18(20,21)22/h1-6,11-12H,7-10H2,(H,23,26). The highest BCUT2D eigenvalue weighted by molar-refractivity contribution is 5.89. The first kappa shape index (κ1) is 18.0. The fraction of sp³-hybridized carbons (Fsp3) is 0.278. The maximum atomic E-state index is 13.2. The van der Waals surface area contributed by atoms with E-state index in [1.165, 1.54) is 24.3 Å². The zero-order valence-corrected chi connectivity index (χ0v) is 13.8. The van der Waals surface area contributed by atoms with E-state index >= 15 is 0 Å². The first-order valence-corrected chi connectivity index (χ1v) is 8.06. The van der Waals surface area contributed by atoms with Gasteiger partial charge < -0.3 is 15.1 Å². The number of nitrogens with one attached hydrogen (secondary N) is 1. The monoisotopic (exact) mass is 367 g/mol. The van der Waals surface area contributed by atoms with Gasteiger partial charge in [-0.2, -0.15) is 13.2 Å². The van der Waals surface area contributed by atoms with E-state index in [0.717, 1.165) is 12.1 Å². The van der Waals surface area contributed by atoms with Gasteiger partial charge in [-0.15, -0.1) is 0 Å². The van der Waals surface area contributed by atoms with Crippen molar-refractivity contribution in [2.75, 3.05) is 36.4 Å². The second-order valence-electron chi connectivity index (χ2n) is 5.96. The first-order valence-electron chi connectivity index (χ1n) is 8.06. The lowest BCUT2D eigenvalue weighted by Crippen LogP contribution is -2.50. The van der Waals surface area contributed by atoms with Crippen LogP contribution in [0.2, 0.25) is 0 Å². The summed E-state index contributed by atoms with van der Waals surface area (Å²) in [6, 6.07) is 10.4. The molecule has 0 bridgehead atoms. The quantitative estimate of drug-likeness (QED) is 0.808. The highest BCUT2D eigenvalue weighted by Gasteiger charge is 2.31. The van der Waals surface area contributed by atoms with Crippen LogP contribution in [0, 0.1) is 5.82 Å². The molecule has 26 heavy (non-hydrogen) atoms. The molecule has 0 saturated carbocycles. The van der Waals surface area contributed by atoms with E-state index in [1.807, 2.05) is 0 Å². The van der Waals surface area contributed by atoms with Crippen LogP contribution in [0.5, 0.6) is 0 Å². The van der Waals surface area contributed by atoms with Crippen LogP contribution in [0.25, 0.3) is 0 Å². The van der Waals surface area contributed by atoms with Crippen LogP contribution in [0.1, 0.15) is 5.56 Å². The lowest BCUT2D eigenvalue weighted by atomic mass is 10.1. The largest absolute Gasteiger partial charge is 0.416 e. The lowest BCUT2D eigenvalue weighted by molar-refractivity contribution is -0.137. The summed E-state index contributed by atoms with van der Waals surface area (Å²) < 4.78 is 51.7. The molecule has 0 radical (unpaired) electrons. The van der Waals surface area contributed by atoms with Gasteiger partial charge in [-0.3, -0.25) is 0 Å². The molecule has 138 valence electrons. The van der Waals surface area contributed by atoms with Crippen LogP contribution < -0.4 is 10.2 Å². The number of benzene rings is 2. The van der Waals surface area contributed by atoms with Crippen molar-refractivity contribution in [1.29, 1.82) is 0 Å². The molecule has 2 aromatic carbocycles. The maximum Gasteiger partial charge on any atom is 0.416 e. The molecule has 0 atom stereocenters. The summed E-state index contributed by atoms with van der Waals surface area (Å²) in [5, 5.41) is 2.62. The smallest absolute Gasteiger partial charge is 0.368 e. The number of halogens is 4. The Balaban J connectivity index is 1.60. The summed E-state index contributed by atoms with van der Waals surface area (Å²) in [4.78, 5) is 15.6. The van der Waals surface area contributed by atoms with Gasteiger partial charge in [0.1, 0.15) is 5.82 Å². The fourth-order valence-electron chi connectivity index (χ4n) is 2.82. The molecule has 4 nitrogen and oxygen atoms in total. The summed E-state index contributed by atoms with van der Waals surface area (Å²) in [5.74, 6) is -0.447. The van der Waals surface area contributed by atoms with Crippen molar-refractivity contribution in [3.05, 3.63) is 59.9 Å². The van der Waals surface area contributed by atoms with Crippen molar-refractivity contribution in [1.82, 2.24) is 4.90 Å². The molecular formula is C18H17F4N3O. The third-order valence-corrected chi connectivity index (χ3v) is 4.18. The Morgan fingerprint density at radius 3 is 2.31 bits per heavy atom. The summed E-state index contributed by atoms with van der Waals surface area (Å²) >= 11 is 0. The number of carbonyl (C=O) groups excluding carboxylic acids is 1. The second-order valence-corrected chi connectivity index (χ2v) is 5.96. The maximum absolute atomic E-state index is 13.2. The number of hydrogen-bond acceptors (Lipinski definition) is 2.